The summed E-state index contributed by atoms with van der Waals surface area (Å²) in [6, 6.07) is 25.1. The van der Waals surface area contributed by atoms with Crippen LogP contribution in [0.5, 0.6) is 5.88 Å². The van der Waals surface area contributed by atoms with Gasteiger partial charge in [-0.1, -0.05) is 41.9 Å². The smallest absolute Gasteiger partial charge is 0.265 e. The van der Waals surface area contributed by atoms with Gasteiger partial charge in [0, 0.05) is 34.3 Å². The maximum Gasteiger partial charge on any atom is 0.265 e. The number of aromatic nitrogens is 1. The minimum absolute atomic E-state index is 0.0137. The number of para-hydroxylation sites is 2. The van der Waals surface area contributed by atoms with Crippen LogP contribution in [-0.4, -0.2) is 36.4 Å². The number of methoxy groups -OCH3 is 1. The number of nitrogens with zero attached hydrogens (tertiary/aromatic N) is 2. The number of anilines is 3. The van der Waals surface area contributed by atoms with Crippen molar-refractivity contribution in [3.05, 3.63) is 124 Å². The second kappa shape index (κ2) is 12.3. The number of carbonyl (C=O) groups is 3. The van der Waals surface area contributed by atoms with Gasteiger partial charge in [0.15, 0.2) is 0 Å². The summed E-state index contributed by atoms with van der Waals surface area (Å²) in [5.74, 6) is -1.25. The summed E-state index contributed by atoms with van der Waals surface area (Å²) in [4.78, 5) is 46.6. The SMILES string of the molecule is COc1ccc(C(=O)Nc2ccc(C(=O)N3CCc4cc(C(=O)Nc5ccccc5F)sc4-c4ccccc43)cc2)c(Cl)n1. The summed E-state index contributed by atoms with van der Waals surface area (Å²) in [5, 5.41) is 5.43. The van der Waals surface area contributed by atoms with Crippen LogP contribution in [0.15, 0.2) is 91.0 Å². The molecule has 220 valence electrons. The summed E-state index contributed by atoms with van der Waals surface area (Å²) < 4.78 is 19.1. The highest BCUT2D eigenvalue weighted by Crippen LogP contribution is 2.42. The van der Waals surface area contributed by atoms with E-state index in [1.807, 2.05) is 30.3 Å². The minimum Gasteiger partial charge on any atom is -0.481 e. The Balaban J connectivity index is 1.20. The van der Waals surface area contributed by atoms with Crippen molar-refractivity contribution in [3.8, 4) is 16.3 Å². The average molecular weight is 627 g/mol. The maximum atomic E-state index is 14.1. The molecule has 8 nitrogen and oxygen atoms in total. The monoisotopic (exact) mass is 626 g/mol. The number of nitrogens with one attached hydrogen (secondary N) is 2. The molecule has 2 aromatic heterocycles. The maximum absolute atomic E-state index is 14.1. The predicted molar refractivity (Wildman–Crippen MR) is 170 cm³/mol. The van der Waals surface area contributed by atoms with Gasteiger partial charge in [-0.2, -0.15) is 0 Å². The van der Waals surface area contributed by atoms with E-state index in [9.17, 15) is 18.8 Å². The number of carbonyl (C=O) groups excluding carboxylic acids is 3. The summed E-state index contributed by atoms with van der Waals surface area (Å²) in [6.07, 6.45) is 0.518. The molecule has 6 rings (SSSR count). The van der Waals surface area contributed by atoms with Gasteiger partial charge in [-0.15, -0.1) is 11.3 Å². The van der Waals surface area contributed by atoms with Crippen LogP contribution in [0, 0.1) is 5.82 Å². The fourth-order valence-electron chi connectivity index (χ4n) is 4.92. The van der Waals surface area contributed by atoms with E-state index >= 15 is 0 Å². The van der Waals surface area contributed by atoms with E-state index in [4.69, 9.17) is 16.3 Å². The first-order valence-electron chi connectivity index (χ1n) is 13.5. The van der Waals surface area contributed by atoms with Crippen molar-refractivity contribution in [3.63, 3.8) is 0 Å². The summed E-state index contributed by atoms with van der Waals surface area (Å²) in [7, 11) is 1.46. The van der Waals surface area contributed by atoms with Gasteiger partial charge in [-0.05, 0) is 66.6 Å². The molecule has 5 aromatic rings. The standard InChI is InChI=1S/C33H24ClFN4O4S/c1-43-28-15-14-23(30(34)38-28)31(40)36-21-12-10-19(11-13-21)33(42)39-17-16-20-18-27(32(41)37-25-8-4-3-7-24(25)35)44-29(20)22-6-2-5-9-26(22)39/h2-15,18H,16-17H2,1H3,(H,36,40)(H,37,41). The molecule has 3 amide bonds. The molecule has 0 fully saturated rings. The van der Waals surface area contributed by atoms with E-state index in [0.29, 0.717) is 35.0 Å². The number of halogens is 2. The zero-order valence-electron chi connectivity index (χ0n) is 23.3. The lowest BCUT2D eigenvalue weighted by Crippen LogP contribution is -2.32. The molecule has 0 unspecified atom stereocenters. The Kier molecular flexibility index (Phi) is 8.10. The molecule has 0 spiro atoms. The fourth-order valence-corrected chi connectivity index (χ4v) is 6.29. The quantitative estimate of drug-likeness (QED) is 0.192. The molecule has 11 heteroatoms. The van der Waals surface area contributed by atoms with Crippen molar-refractivity contribution in [1.29, 1.82) is 0 Å². The lowest BCUT2D eigenvalue weighted by atomic mass is 10.1. The van der Waals surface area contributed by atoms with Gasteiger partial charge in [0.05, 0.1) is 28.9 Å². The van der Waals surface area contributed by atoms with Crippen LogP contribution in [0.2, 0.25) is 5.15 Å². The normalized spacial score (nSPS) is 12.0. The van der Waals surface area contributed by atoms with E-state index in [-0.39, 0.29) is 22.3 Å². The van der Waals surface area contributed by atoms with E-state index in [1.54, 1.807) is 47.4 Å². The molecule has 0 saturated heterocycles. The highest BCUT2D eigenvalue weighted by molar-refractivity contribution is 7.17. The van der Waals surface area contributed by atoms with Crippen LogP contribution in [-0.2, 0) is 6.42 Å². The van der Waals surface area contributed by atoms with Crippen LogP contribution >= 0.6 is 22.9 Å². The van der Waals surface area contributed by atoms with Gasteiger partial charge in [0.2, 0.25) is 5.88 Å². The van der Waals surface area contributed by atoms with Crippen LogP contribution in [0.25, 0.3) is 10.4 Å². The molecule has 3 aromatic carbocycles. The van der Waals surface area contributed by atoms with Crippen LogP contribution in [0.3, 0.4) is 0 Å². The molecule has 0 aliphatic carbocycles. The fraction of sp³-hybridized carbons (Fsp3) is 0.0909. The molecule has 0 saturated carbocycles. The van der Waals surface area contributed by atoms with E-state index in [0.717, 1.165) is 21.7 Å². The zero-order valence-corrected chi connectivity index (χ0v) is 24.8. The Morgan fingerprint density at radius 1 is 0.932 bits per heavy atom. The number of fused-ring (bicyclic) bond motifs is 3. The molecule has 44 heavy (non-hydrogen) atoms. The van der Waals surface area contributed by atoms with E-state index < -0.39 is 17.6 Å². The third kappa shape index (κ3) is 5.77. The van der Waals surface area contributed by atoms with E-state index in [1.165, 1.54) is 36.6 Å². The van der Waals surface area contributed by atoms with E-state index in [2.05, 4.69) is 15.6 Å². The van der Waals surface area contributed by atoms with Crippen molar-refractivity contribution in [2.75, 3.05) is 29.2 Å². The van der Waals surface area contributed by atoms with Crippen molar-refractivity contribution in [2.45, 2.75) is 6.42 Å². The molecule has 0 bridgehead atoms. The second-order valence-corrected chi connectivity index (χ2v) is 11.3. The molecule has 0 atom stereocenters. The third-order valence-corrected chi connectivity index (χ3v) is 8.61. The predicted octanol–water partition coefficient (Wildman–Crippen LogP) is 7.32. The Bertz CT molecular complexity index is 1910. The highest BCUT2D eigenvalue weighted by Gasteiger charge is 2.28. The largest absolute Gasteiger partial charge is 0.481 e. The Morgan fingerprint density at radius 3 is 2.43 bits per heavy atom. The molecular weight excluding hydrogens is 603 g/mol. The molecule has 1 aliphatic rings. The Morgan fingerprint density at radius 2 is 1.68 bits per heavy atom. The van der Waals surface area contributed by atoms with Crippen LogP contribution < -0.4 is 20.3 Å². The van der Waals surface area contributed by atoms with Crippen molar-refractivity contribution < 1.29 is 23.5 Å². The topological polar surface area (TPSA) is 101 Å². The number of benzene rings is 3. The first-order valence-corrected chi connectivity index (χ1v) is 14.7. The lowest BCUT2D eigenvalue weighted by Gasteiger charge is -2.23. The van der Waals surface area contributed by atoms with Gasteiger partial charge >= 0.3 is 0 Å². The zero-order chi connectivity index (χ0) is 30.8. The molecular formula is C33H24ClFN4O4S. The number of rotatable bonds is 6. The van der Waals surface area contributed by atoms with Gasteiger partial charge in [-0.25, -0.2) is 9.37 Å². The minimum atomic E-state index is -0.507. The van der Waals surface area contributed by atoms with Gasteiger partial charge in [-0.3, -0.25) is 14.4 Å². The highest BCUT2D eigenvalue weighted by atomic mass is 35.5. The molecule has 3 heterocycles. The lowest BCUT2D eigenvalue weighted by molar-refractivity contribution is 0.0985. The molecule has 2 N–H and O–H groups in total. The van der Waals surface area contributed by atoms with Crippen LogP contribution in [0.4, 0.5) is 21.5 Å². The number of hydrogen-bond donors (Lipinski definition) is 2. The van der Waals surface area contributed by atoms with Crippen molar-refractivity contribution in [2.24, 2.45) is 0 Å². The van der Waals surface area contributed by atoms with Crippen molar-refractivity contribution in [1.82, 2.24) is 4.98 Å². The number of amides is 3. The number of thiophene rings is 1. The first kappa shape index (κ1) is 29.0. The average Bonchev–Trinajstić information content (AvgIpc) is 3.40. The number of pyridine rings is 1. The summed E-state index contributed by atoms with van der Waals surface area (Å²) in [6.45, 7) is 0.384. The number of hydrogen-bond acceptors (Lipinski definition) is 6. The van der Waals surface area contributed by atoms with Crippen LogP contribution in [0.1, 0.15) is 36.0 Å². The summed E-state index contributed by atoms with van der Waals surface area (Å²) >= 11 is 7.44. The Labute approximate surface area is 261 Å². The molecule has 1 aliphatic heterocycles. The Hall–Kier alpha value is -5.06. The molecule has 0 radical (unpaired) electrons. The van der Waals surface area contributed by atoms with Gasteiger partial charge < -0.3 is 20.3 Å². The second-order valence-electron chi connectivity index (χ2n) is 9.85. The first-order chi connectivity index (χ1) is 21.3. The van der Waals surface area contributed by atoms with Crippen molar-refractivity contribution >= 4 is 57.7 Å². The van der Waals surface area contributed by atoms with Gasteiger partial charge in [0.25, 0.3) is 17.7 Å². The van der Waals surface area contributed by atoms with Gasteiger partial charge in [0.1, 0.15) is 11.0 Å². The number of ether oxygens (including phenoxy) is 1. The third-order valence-electron chi connectivity index (χ3n) is 7.11. The summed E-state index contributed by atoms with van der Waals surface area (Å²) in [5.41, 5.74) is 3.71.